The molecule has 1 atom stereocenters. The van der Waals surface area contributed by atoms with Crippen molar-refractivity contribution in [1.82, 2.24) is 24.3 Å². The summed E-state index contributed by atoms with van der Waals surface area (Å²) < 4.78 is 32.6. The SMILES string of the molecule is CCC(NS(=O)(=O)c1cn(CC)nc1C1CC1)c1c(C)nn(C)c1C. The van der Waals surface area contributed by atoms with Crippen LogP contribution in [0.3, 0.4) is 0 Å². The van der Waals surface area contributed by atoms with Crippen molar-refractivity contribution in [3.8, 4) is 0 Å². The van der Waals surface area contributed by atoms with E-state index in [-0.39, 0.29) is 12.0 Å². The smallest absolute Gasteiger partial charge is 0.244 e. The van der Waals surface area contributed by atoms with Crippen LogP contribution in [0.4, 0.5) is 0 Å². The first-order valence-electron chi connectivity index (χ1n) is 8.88. The first kappa shape index (κ1) is 18.1. The third-order valence-corrected chi connectivity index (χ3v) is 6.44. The van der Waals surface area contributed by atoms with Crippen LogP contribution >= 0.6 is 0 Å². The second-order valence-electron chi connectivity index (χ2n) is 6.80. The number of nitrogens with one attached hydrogen (secondary N) is 1. The molecule has 0 aliphatic heterocycles. The Labute approximate surface area is 149 Å². The maximum Gasteiger partial charge on any atom is 0.244 e. The molecular weight excluding hydrogens is 338 g/mol. The normalized spacial score (nSPS) is 16.4. The predicted molar refractivity (Wildman–Crippen MR) is 95.9 cm³/mol. The van der Waals surface area contributed by atoms with E-state index < -0.39 is 10.0 Å². The monoisotopic (exact) mass is 365 g/mol. The first-order chi connectivity index (χ1) is 11.8. The Kier molecular flexibility index (Phi) is 4.76. The maximum atomic E-state index is 13.1. The Morgan fingerprint density at radius 2 is 1.96 bits per heavy atom. The van der Waals surface area contributed by atoms with Crippen molar-refractivity contribution in [3.63, 3.8) is 0 Å². The fraction of sp³-hybridized carbons (Fsp3) is 0.647. The number of rotatable bonds is 7. The van der Waals surface area contributed by atoms with Gasteiger partial charge in [0.2, 0.25) is 10.0 Å². The van der Waals surface area contributed by atoms with Gasteiger partial charge in [0.1, 0.15) is 4.90 Å². The molecule has 0 radical (unpaired) electrons. The van der Waals surface area contributed by atoms with Gasteiger partial charge in [-0.1, -0.05) is 6.92 Å². The quantitative estimate of drug-likeness (QED) is 0.817. The Morgan fingerprint density at radius 1 is 1.28 bits per heavy atom. The van der Waals surface area contributed by atoms with E-state index >= 15 is 0 Å². The summed E-state index contributed by atoms with van der Waals surface area (Å²) in [5.74, 6) is 0.279. The molecular formula is C17H27N5O2S. The Balaban J connectivity index is 1.96. The number of aryl methyl sites for hydroxylation is 3. The van der Waals surface area contributed by atoms with Gasteiger partial charge in [0.15, 0.2) is 0 Å². The summed E-state index contributed by atoms with van der Waals surface area (Å²) >= 11 is 0. The lowest BCUT2D eigenvalue weighted by Crippen LogP contribution is -2.29. The number of hydrogen-bond donors (Lipinski definition) is 1. The van der Waals surface area contributed by atoms with Gasteiger partial charge in [-0.05, 0) is 40.0 Å². The maximum absolute atomic E-state index is 13.1. The molecule has 3 rings (SSSR count). The Bertz CT molecular complexity index is 877. The molecule has 2 aromatic heterocycles. The fourth-order valence-corrected chi connectivity index (χ4v) is 4.85. The average molecular weight is 366 g/mol. The first-order valence-corrected chi connectivity index (χ1v) is 10.4. The van der Waals surface area contributed by atoms with Crippen LogP contribution in [0.2, 0.25) is 0 Å². The molecule has 0 amide bonds. The lowest BCUT2D eigenvalue weighted by Gasteiger charge is -2.18. The summed E-state index contributed by atoms with van der Waals surface area (Å²) in [5, 5.41) is 8.90. The Hall–Kier alpha value is -1.67. The van der Waals surface area contributed by atoms with Crippen LogP contribution in [0.5, 0.6) is 0 Å². The second kappa shape index (κ2) is 6.57. The highest BCUT2D eigenvalue weighted by Gasteiger charge is 2.35. The molecule has 1 N–H and O–H groups in total. The number of sulfonamides is 1. The van der Waals surface area contributed by atoms with Crippen molar-refractivity contribution < 1.29 is 8.42 Å². The standard InChI is InChI=1S/C17H27N5O2S/c1-6-14(16-11(3)18-21(5)12(16)4)20-25(23,24)15-10-22(7-2)19-17(15)13-8-9-13/h10,13-14,20H,6-9H2,1-5H3. The summed E-state index contributed by atoms with van der Waals surface area (Å²) in [6.07, 6.45) is 4.35. The molecule has 7 nitrogen and oxygen atoms in total. The van der Waals surface area contributed by atoms with Crippen LogP contribution in [-0.4, -0.2) is 28.0 Å². The summed E-state index contributed by atoms with van der Waals surface area (Å²) in [6.45, 7) is 8.50. The van der Waals surface area contributed by atoms with Gasteiger partial charge in [-0.25, -0.2) is 13.1 Å². The van der Waals surface area contributed by atoms with Crippen LogP contribution in [0.25, 0.3) is 0 Å². The summed E-state index contributed by atoms with van der Waals surface area (Å²) in [6, 6.07) is -0.296. The summed E-state index contributed by atoms with van der Waals surface area (Å²) in [4.78, 5) is 0.328. The summed E-state index contributed by atoms with van der Waals surface area (Å²) in [7, 11) is -1.76. The molecule has 1 unspecified atom stereocenters. The van der Waals surface area contributed by atoms with Crippen molar-refractivity contribution >= 4 is 10.0 Å². The largest absolute Gasteiger partial charge is 0.272 e. The van der Waals surface area contributed by atoms with E-state index in [1.54, 1.807) is 15.6 Å². The van der Waals surface area contributed by atoms with Gasteiger partial charge in [0.25, 0.3) is 0 Å². The van der Waals surface area contributed by atoms with Crippen LogP contribution < -0.4 is 4.72 Å². The van der Waals surface area contributed by atoms with E-state index in [1.165, 1.54) is 0 Å². The zero-order chi connectivity index (χ0) is 18.4. The van der Waals surface area contributed by atoms with Crippen LogP contribution in [0, 0.1) is 13.8 Å². The number of hydrogen-bond acceptors (Lipinski definition) is 4. The minimum absolute atomic E-state index is 0.279. The van der Waals surface area contributed by atoms with Crippen molar-refractivity contribution in [1.29, 1.82) is 0 Å². The second-order valence-corrected chi connectivity index (χ2v) is 8.48. The highest BCUT2D eigenvalue weighted by molar-refractivity contribution is 7.89. The lowest BCUT2D eigenvalue weighted by molar-refractivity contribution is 0.546. The number of nitrogens with zero attached hydrogens (tertiary/aromatic N) is 4. The molecule has 0 bridgehead atoms. The molecule has 25 heavy (non-hydrogen) atoms. The van der Waals surface area contributed by atoms with E-state index in [0.717, 1.165) is 29.8 Å². The molecule has 0 spiro atoms. The van der Waals surface area contributed by atoms with Crippen molar-refractivity contribution in [2.24, 2.45) is 7.05 Å². The third kappa shape index (κ3) is 3.37. The van der Waals surface area contributed by atoms with Crippen molar-refractivity contribution in [2.75, 3.05) is 0 Å². The summed E-state index contributed by atoms with van der Waals surface area (Å²) in [5.41, 5.74) is 3.52. The zero-order valence-corrected chi connectivity index (χ0v) is 16.4. The van der Waals surface area contributed by atoms with Gasteiger partial charge in [0, 0.05) is 37.0 Å². The Morgan fingerprint density at radius 3 is 2.44 bits per heavy atom. The van der Waals surface area contributed by atoms with Crippen LogP contribution in [0.1, 0.15) is 67.7 Å². The van der Waals surface area contributed by atoms with Gasteiger partial charge in [-0.15, -0.1) is 0 Å². The molecule has 2 heterocycles. The molecule has 1 aliphatic rings. The minimum Gasteiger partial charge on any atom is -0.272 e. The predicted octanol–water partition coefficient (Wildman–Crippen LogP) is 2.56. The highest BCUT2D eigenvalue weighted by Crippen LogP contribution is 2.42. The van der Waals surface area contributed by atoms with E-state index in [0.29, 0.717) is 23.6 Å². The molecule has 1 aliphatic carbocycles. The minimum atomic E-state index is -3.64. The number of aromatic nitrogens is 4. The molecule has 138 valence electrons. The van der Waals surface area contributed by atoms with Gasteiger partial charge >= 0.3 is 0 Å². The molecule has 0 saturated heterocycles. The van der Waals surface area contributed by atoms with Crippen molar-refractivity contribution in [3.05, 3.63) is 28.8 Å². The van der Waals surface area contributed by atoms with Gasteiger partial charge in [-0.2, -0.15) is 10.2 Å². The molecule has 8 heteroatoms. The molecule has 1 fully saturated rings. The van der Waals surface area contributed by atoms with Crippen molar-refractivity contribution in [2.45, 2.75) is 70.4 Å². The molecule has 0 aromatic carbocycles. The van der Waals surface area contributed by atoms with E-state index in [4.69, 9.17) is 0 Å². The molecule has 2 aromatic rings. The average Bonchev–Trinajstić information content (AvgIpc) is 3.25. The van der Waals surface area contributed by atoms with Gasteiger partial charge in [0.05, 0.1) is 17.4 Å². The third-order valence-electron chi connectivity index (χ3n) is 4.95. The zero-order valence-electron chi connectivity index (χ0n) is 15.6. The topological polar surface area (TPSA) is 81.8 Å². The molecule has 1 saturated carbocycles. The van der Waals surface area contributed by atoms with E-state index in [9.17, 15) is 8.42 Å². The fourth-order valence-electron chi connectivity index (χ4n) is 3.32. The highest BCUT2D eigenvalue weighted by atomic mass is 32.2. The van der Waals surface area contributed by atoms with Gasteiger partial charge < -0.3 is 0 Å². The van der Waals surface area contributed by atoms with E-state index in [1.807, 2.05) is 34.7 Å². The van der Waals surface area contributed by atoms with Crippen LogP contribution in [-0.2, 0) is 23.6 Å². The van der Waals surface area contributed by atoms with Gasteiger partial charge in [-0.3, -0.25) is 9.36 Å². The van der Waals surface area contributed by atoms with Crippen LogP contribution in [0.15, 0.2) is 11.1 Å². The van der Waals surface area contributed by atoms with E-state index in [2.05, 4.69) is 14.9 Å². The lowest BCUT2D eigenvalue weighted by atomic mass is 10.0.